The van der Waals surface area contributed by atoms with Gasteiger partial charge in [-0.15, -0.1) is 0 Å². The molecule has 1 aliphatic rings. The topological polar surface area (TPSA) is 59.0 Å². The van der Waals surface area contributed by atoms with Crippen molar-refractivity contribution in [1.82, 2.24) is 20.4 Å². The largest absolute Gasteiger partial charge is 0.352 e. The summed E-state index contributed by atoms with van der Waals surface area (Å²) in [4.78, 5) is 12.6. The van der Waals surface area contributed by atoms with Crippen molar-refractivity contribution in [2.45, 2.75) is 52.1 Å². The molecule has 1 fully saturated rings. The summed E-state index contributed by atoms with van der Waals surface area (Å²) in [7, 11) is 0. The number of carbonyl (C=O) groups is 1. The molecule has 2 atom stereocenters. The van der Waals surface area contributed by atoms with Gasteiger partial charge in [0.1, 0.15) is 0 Å². The van der Waals surface area contributed by atoms with Gasteiger partial charge >= 0.3 is 0 Å². The predicted molar refractivity (Wildman–Crippen MR) is 105 cm³/mol. The number of nitrogens with zero attached hydrogens (tertiary/aromatic N) is 2. The van der Waals surface area contributed by atoms with Gasteiger partial charge in [0.05, 0.1) is 27.8 Å². The summed E-state index contributed by atoms with van der Waals surface area (Å²) in [5.74, 6) is 0.0328. The molecule has 7 heteroatoms. The van der Waals surface area contributed by atoms with Crippen LogP contribution in [-0.2, 0) is 11.2 Å². The van der Waals surface area contributed by atoms with E-state index in [9.17, 15) is 4.79 Å². The fraction of sp³-hybridized carbons (Fsp3) is 0.474. The van der Waals surface area contributed by atoms with E-state index in [0.29, 0.717) is 22.5 Å². The molecule has 2 unspecified atom stereocenters. The lowest BCUT2D eigenvalue weighted by molar-refractivity contribution is -0.121. The van der Waals surface area contributed by atoms with E-state index in [1.54, 1.807) is 12.1 Å². The molecule has 140 valence electrons. The molecule has 3 rings (SSSR count). The Morgan fingerprint density at radius 1 is 1.35 bits per heavy atom. The van der Waals surface area contributed by atoms with E-state index in [0.717, 1.165) is 42.0 Å². The molecule has 1 amide bonds. The van der Waals surface area contributed by atoms with Crippen LogP contribution in [-0.4, -0.2) is 34.3 Å². The molecule has 2 heterocycles. The van der Waals surface area contributed by atoms with Gasteiger partial charge in [-0.2, -0.15) is 5.10 Å². The number of hydrogen-bond acceptors (Lipinski definition) is 3. The van der Waals surface area contributed by atoms with Gasteiger partial charge < -0.3 is 10.6 Å². The molecule has 1 aliphatic heterocycles. The fourth-order valence-electron chi connectivity index (χ4n) is 3.46. The summed E-state index contributed by atoms with van der Waals surface area (Å²) < 4.78 is 1.81. The lowest BCUT2D eigenvalue weighted by Crippen LogP contribution is -2.52. The number of aryl methyl sites for hydroxylation is 1. The first kappa shape index (κ1) is 19.2. The number of nitrogens with one attached hydrogen (secondary N) is 2. The second-order valence-electron chi connectivity index (χ2n) is 6.90. The van der Waals surface area contributed by atoms with Crippen molar-refractivity contribution in [3.8, 4) is 5.69 Å². The Bertz CT molecular complexity index is 818. The maximum atomic E-state index is 12.6. The molecule has 1 saturated heterocycles. The molecular formula is C19H24Cl2N4O. The number of aromatic nitrogens is 2. The zero-order valence-corrected chi connectivity index (χ0v) is 16.8. The lowest BCUT2D eigenvalue weighted by atomic mass is 9.99. The monoisotopic (exact) mass is 394 g/mol. The zero-order valence-electron chi connectivity index (χ0n) is 15.3. The zero-order chi connectivity index (χ0) is 18.8. The minimum atomic E-state index is 0.0328. The third-order valence-corrected chi connectivity index (χ3v) is 5.77. The Morgan fingerprint density at radius 2 is 2.12 bits per heavy atom. The van der Waals surface area contributed by atoms with Crippen LogP contribution in [0.2, 0.25) is 10.0 Å². The summed E-state index contributed by atoms with van der Waals surface area (Å²) in [5, 5.41) is 12.1. The second-order valence-corrected chi connectivity index (χ2v) is 7.71. The number of halogens is 2. The number of amides is 1. The maximum Gasteiger partial charge on any atom is 0.224 e. The van der Waals surface area contributed by atoms with Crippen LogP contribution in [0.1, 0.15) is 36.7 Å². The maximum absolute atomic E-state index is 12.6. The quantitative estimate of drug-likeness (QED) is 0.832. The number of rotatable bonds is 4. The second kappa shape index (κ2) is 7.99. The number of carbonyl (C=O) groups excluding carboxylic acids is 1. The molecular weight excluding hydrogens is 371 g/mol. The average molecular weight is 395 g/mol. The Balaban J connectivity index is 1.77. The molecule has 0 bridgehead atoms. The predicted octanol–water partition coefficient (Wildman–Crippen LogP) is 3.60. The van der Waals surface area contributed by atoms with Crippen LogP contribution in [0, 0.1) is 13.8 Å². The molecule has 0 saturated carbocycles. The first-order valence-corrected chi connectivity index (χ1v) is 9.65. The van der Waals surface area contributed by atoms with Gasteiger partial charge in [-0.05, 0) is 58.4 Å². The molecule has 5 nitrogen and oxygen atoms in total. The van der Waals surface area contributed by atoms with Crippen LogP contribution in [0.3, 0.4) is 0 Å². The van der Waals surface area contributed by atoms with E-state index < -0.39 is 0 Å². The first-order valence-electron chi connectivity index (χ1n) is 8.90. The summed E-state index contributed by atoms with van der Waals surface area (Å²) in [6.45, 7) is 7.02. The highest BCUT2D eigenvalue weighted by Crippen LogP contribution is 2.26. The van der Waals surface area contributed by atoms with Crippen LogP contribution in [0.4, 0.5) is 0 Å². The van der Waals surface area contributed by atoms with Gasteiger partial charge in [0.2, 0.25) is 5.91 Å². The SMILES string of the molecule is Cc1nn(-c2ccc(Cl)c(Cl)c2)c(C)c1CC(=O)NC1CCCNC1C. The van der Waals surface area contributed by atoms with E-state index in [1.165, 1.54) is 0 Å². The summed E-state index contributed by atoms with van der Waals surface area (Å²) in [6.07, 6.45) is 2.42. The van der Waals surface area contributed by atoms with E-state index in [2.05, 4.69) is 22.7 Å². The molecule has 0 spiro atoms. The van der Waals surface area contributed by atoms with E-state index in [-0.39, 0.29) is 11.9 Å². The van der Waals surface area contributed by atoms with Crippen LogP contribution in [0.5, 0.6) is 0 Å². The standard InChI is InChI=1S/C19H24Cl2N4O/c1-11-15(10-19(26)23-18-5-4-8-22-12(18)2)13(3)25(24-11)14-6-7-16(20)17(21)9-14/h6-7,9,12,18,22H,4-5,8,10H2,1-3H3,(H,23,26). The van der Waals surface area contributed by atoms with E-state index in [4.69, 9.17) is 23.2 Å². The summed E-state index contributed by atoms with van der Waals surface area (Å²) in [5.41, 5.74) is 3.56. The van der Waals surface area contributed by atoms with Crippen molar-refractivity contribution in [1.29, 1.82) is 0 Å². The minimum Gasteiger partial charge on any atom is -0.352 e. The van der Waals surface area contributed by atoms with Crippen LogP contribution < -0.4 is 10.6 Å². The fourth-order valence-corrected chi connectivity index (χ4v) is 3.75. The number of hydrogen-bond donors (Lipinski definition) is 2. The Morgan fingerprint density at radius 3 is 2.81 bits per heavy atom. The molecule has 1 aromatic carbocycles. The van der Waals surface area contributed by atoms with Gasteiger partial charge in [-0.3, -0.25) is 4.79 Å². The molecule has 26 heavy (non-hydrogen) atoms. The van der Waals surface area contributed by atoms with Gasteiger partial charge in [0.25, 0.3) is 0 Å². The highest BCUT2D eigenvalue weighted by atomic mass is 35.5. The van der Waals surface area contributed by atoms with Gasteiger partial charge in [0.15, 0.2) is 0 Å². The first-order chi connectivity index (χ1) is 12.4. The van der Waals surface area contributed by atoms with Crippen LogP contribution >= 0.6 is 23.2 Å². The normalized spacial score (nSPS) is 20.2. The van der Waals surface area contributed by atoms with Gasteiger partial charge in [-0.1, -0.05) is 23.2 Å². The highest BCUT2D eigenvalue weighted by Gasteiger charge is 2.23. The lowest BCUT2D eigenvalue weighted by Gasteiger charge is -2.30. The van der Waals surface area contributed by atoms with Crippen LogP contribution in [0.15, 0.2) is 18.2 Å². The van der Waals surface area contributed by atoms with Crippen molar-refractivity contribution in [3.05, 3.63) is 45.2 Å². The smallest absolute Gasteiger partial charge is 0.224 e. The van der Waals surface area contributed by atoms with E-state index >= 15 is 0 Å². The minimum absolute atomic E-state index is 0.0328. The Kier molecular flexibility index (Phi) is 5.90. The van der Waals surface area contributed by atoms with Crippen molar-refractivity contribution < 1.29 is 4.79 Å². The molecule has 2 N–H and O–H groups in total. The number of benzene rings is 1. The Hall–Kier alpha value is -1.56. The van der Waals surface area contributed by atoms with Gasteiger partial charge in [-0.25, -0.2) is 4.68 Å². The van der Waals surface area contributed by atoms with E-state index in [1.807, 2.05) is 24.6 Å². The van der Waals surface area contributed by atoms with Crippen molar-refractivity contribution in [2.75, 3.05) is 6.54 Å². The van der Waals surface area contributed by atoms with Crippen molar-refractivity contribution in [3.63, 3.8) is 0 Å². The molecule has 2 aromatic rings. The third kappa shape index (κ3) is 4.05. The van der Waals surface area contributed by atoms with Crippen molar-refractivity contribution >= 4 is 29.1 Å². The van der Waals surface area contributed by atoms with Gasteiger partial charge in [0, 0.05) is 23.3 Å². The molecule has 0 radical (unpaired) electrons. The molecule has 1 aromatic heterocycles. The number of piperidine rings is 1. The highest BCUT2D eigenvalue weighted by molar-refractivity contribution is 6.42. The summed E-state index contributed by atoms with van der Waals surface area (Å²) >= 11 is 12.1. The summed E-state index contributed by atoms with van der Waals surface area (Å²) in [6, 6.07) is 5.88. The third-order valence-electron chi connectivity index (χ3n) is 5.03. The Labute approximate surface area is 164 Å². The van der Waals surface area contributed by atoms with Crippen LogP contribution in [0.25, 0.3) is 5.69 Å². The molecule has 0 aliphatic carbocycles. The average Bonchev–Trinajstić information content (AvgIpc) is 2.87. The van der Waals surface area contributed by atoms with Crippen molar-refractivity contribution in [2.24, 2.45) is 0 Å².